The van der Waals surface area contributed by atoms with E-state index >= 15 is 0 Å². The SMILES string of the molecule is C=C1CC[C@H](O)C/C1=C/C=C1\CCCC2(C)C1CCC2C(C)CCC(O)C(C)(C)O. The maximum Gasteiger partial charge on any atom is 0.0849 e. The van der Waals surface area contributed by atoms with E-state index in [1.807, 2.05) is 0 Å². The van der Waals surface area contributed by atoms with Crippen LogP contribution < -0.4 is 0 Å². The van der Waals surface area contributed by atoms with Gasteiger partial charge in [0.1, 0.15) is 0 Å². The number of allylic oxidation sites excluding steroid dienone is 4. The minimum absolute atomic E-state index is 0.215. The molecular weight excluding hydrogens is 372 g/mol. The molecule has 0 heterocycles. The highest BCUT2D eigenvalue weighted by atomic mass is 16.3. The fourth-order valence-corrected chi connectivity index (χ4v) is 6.58. The normalized spacial score (nSPS) is 37.4. The van der Waals surface area contributed by atoms with Crippen LogP contribution in [-0.4, -0.2) is 33.1 Å². The average molecular weight is 417 g/mol. The number of aliphatic hydroxyl groups is 3. The molecular formula is C27H44O3. The van der Waals surface area contributed by atoms with Crippen LogP contribution in [0.2, 0.25) is 0 Å². The van der Waals surface area contributed by atoms with Gasteiger partial charge in [0.25, 0.3) is 0 Å². The van der Waals surface area contributed by atoms with E-state index in [0.717, 1.165) is 25.7 Å². The Labute approximate surface area is 184 Å². The van der Waals surface area contributed by atoms with Crippen molar-refractivity contribution in [3.8, 4) is 0 Å². The monoisotopic (exact) mass is 416 g/mol. The van der Waals surface area contributed by atoms with Crippen LogP contribution in [0.5, 0.6) is 0 Å². The zero-order chi connectivity index (χ0) is 22.1. The van der Waals surface area contributed by atoms with Crippen LogP contribution in [-0.2, 0) is 0 Å². The van der Waals surface area contributed by atoms with Crippen molar-refractivity contribution in [1.82, 2.24) is 0 Å². The van der Waals surface area contributed by atoms with Crippen molar-refractivity contribution in [3.05, 3.63) is 35.5 Å². The molecule has 0 aromatic carbocycles. The van der Waals surface area contributed by atoms with Gasteiger partial charge in [-0.15, -0.1) is 0 Å². The van der Waals surface area contributed by atoms with Crippen LogP contribution in [0.25, 0.3) is 0 Å². The van der Waals surface area contributed by atoms with Crippen molar-refractivity contribution in [2.45, 2.75) is 110 Å². The van der Waals surface area contributed by atoms with E-state index in [-0.39, 0.29) is 6.10 Å². The molecule has 170 valence electrons. The molecule has 3 N–H and O–H groups in total. The number of aliphatic hydroxyl groups excluding tert-OH is 2. The Balaban J connectivity index is 1.69. The second-order valence-electron chi connectivity index (χ2n) is 11.3. The summed E-state index contributed by atoms with van der Waals surface area (Å²) in [7, 11) is 0. The molecule has 3 nitrogen and oxygen atoms in total. The number of fused-ring (bicyclic) bond motifs is 1. The van der Waals surface area contributed by atoms with E-state index in [1.165, 1.54) is 43.3 Å². The van der Waals surface area contributed by atoms with E-state index in [4.69, 9.17) is 0 Å². The second kappa shape index (κ2) is 9.30. The molecule has 0 aromatic heterocycles. The molecule has 3 saturated carbocycles. The van der Waals surface area contributed by atoms with E-state index < -0.39 is 11.7 Å². The summed E-state index contributed by atoms with van der Waals surface area (Å²) in [5.41, 5.74) is 3.34. The lowest BCUT2D eigenvalue weighted by atomic mass is 9.60. The summed E-state index contributed by atoms with van der Waals surface area (Å²) in [6.07, 6.45) is 14.1. The lowest BCUT2D eigenvalue weighted by Gasteiger charge is -2.44. The Hall–Kier alpha value is -0.900. The minimum atomic E-state index is -1.02. The molecule has 3 aliphatic rings. The fraction of sp³-hybridized carbons (Fsp3) is 0.778. The maximum atomic E-state index is 10.3. The average Bonchev–Trinajstić information content (AvgIpc) is 3.03. The minimum Gasteiger partial charge on any atom is -0.393 e. The van der Waals surface area contributed by atoms with Gasteiger partial charge < -0.3 is 15.3 Å². The van der Waals surface area contributed by atoms with E-state index in [0.29, 0.717) is 29.6 Å². The zero-order valence-corrected chi connectivity index (χ0v) is 19.7. The number of hydrogen-bond donors (Lipinski definition) is 3. The first-order valence-corrected chi connectivity index (χ1v) is 12.2. The summed E-state index contributed by atoms with van der Waals surface area (Å²) in [6.45, 7) is 12.5. The lowest BCUT2D eigenvalue weighted by molar-refractivity contribution is -0.0554. The van der Waals surface area contributed by atoms with E-state index in [1.54, 1.807) is 19.4 Å². The van der Waals surface area contributed by atoms with Gasteiger partial charge in [0.2, 0.25) is 0 Å². The fourth-order valence-electron chi connectivity index (χ4n) is 6.58. The maximum absolute atomic E-state index is 10.3. The molecule has 3 fully saturated rings. The molecule has 5 unspecified atom stereocenters. The second-order valence-corrected chi connectivity index (χ2v) is 11.3. The first-order chi connectivity index (χ1) is 14.0. The Morgan fingerprint density at radius 1 is 1.17 bits per heavy atom. The summed E-state index contributed by atoms with van der Waals surface area (Å²) in [5.74, 6) is 1.89. The predicted molar refractivity (Wildman–Crippen MR) is 124 cm³/mol. The van der Waals surface area contributed by atoms with Crippen molar-refractivity contribution in [1.29, 1.82) is 0 Å². The molecule has 0 saturated heterocycles. The summed E-state index contributed by atoms with van der Waals surface area (Å²) < 4.78 is 0. The molecule has 3 heteroatoms. The Bertz CT molecular complexity index is 683. The third-order valence-corrected chi connectivity index (χ3v) is 8.62. The Morgan fingerprint density at radius 3 is 2.60 bits per heavy atom. The van der Waals surface area contributed by atoms with Crippen molar-refractivity contribution >= 4 is 0 Å². The van der Waals surface area contributed by atoms with Gasteiger partial charge >= 0.3 is 0 Å². The third kappa shape index (κ3) is 5.11. The molecule has 0 aromatic rings. The van der Waals surface area contributed by atoms with Gasteiger partial charge in [-0.2, -0.15) is 0 Å². The van der Waals surface area contributed by atoms with Crippen molar-refractivity contribution < 1.29 is 15.3 Å². The van der Waals surface area contributed by atoms with Gasteiger partial charge in [0.15, 0.2) is 0 Å². The van der Waals surface area contributed by atoms with Gasteiger partial charge in [-0.3, -0.25) is 0 Å². The molecule has 3 aliphatic carbocycles. The molecule has 0 radical (unpaired) electrons. The summed E-state index contributed by atoms with van der Waals surface area (Å²) in [5, 5.41) is 30.3. The topological polar surface area (TPSA) is 60.7 Å². The van der Waals surface area contributed by atoms with Crippen molar-refractivity contribution in [2.24, 2.45) is 23.2 Å². The number of hydrogen-bond acceptors (Lipinski definition) is 3. The summed E-state index contributed by atoms with van der Waals surface area (Å²) in [6, 6.07) is 0. The van der Waals surface area contributed by atoms with Crippen LogP contribution in [0.15, 0.2) is 35.5 Å². The molecule has 3 rings (SSSR count). The van der Waals surface area contributed by atoms with Crippen LogP contribution in [0.3, 0.4) is 0 Å². The van der Waals surface area contributed by atoms with Crippen LogP contribution in [0, 0.1) is 23.2 Å². The lowest BCUT2D eigenvalue weighted by Crippen LogP contribution is -2.38. The Morgan fingerprint density at radius 2 is 1.90 bits per heavy atom. The zero-order valence-electron chi connectivity index (χ0n) is 19.7. The van der Waals surface area contributed by atoms with Crippen molar-refractivity contribution in [2.75, 3.05) is 0 Å². The molecule has 0 spiro atoms. The molecule has 6 atom stereocenters. The van der Waals surface area contributed by atoms with E-state index in [2.05, 4.69) is 32.6 Å². The first-order valence-electron chi connectivity index (χ1n) is 12.2. The van der Waals surface area contributed by atoms with Gasteiger partial charge in [0, 0.05) is 0 Å². The van der Waals surface area contributed by atoms with E-state index in [9.17, 15) is 15.3 Å². The molecule has 0 amide bonds. The van der Waals surface area contributed by atoms with Gasteiger partial charge in [-0.05, 0) is 107 Å². The van der Waals surface area contributed by atoms with Crippen LogP contribution in [0.1, 0.15) is 91.9 Å². The molecule has 0 aliphatic heterocycles. The van der Waals surface area contributed by atoms with Gasteiger partial charge in [-0.1, -0.05) is 43.7 Å². The van der Waals surface area contributed by atoms with Gasteiger partial charge in [0.05, 0.1) is 17.8 Å². The first kappa shape index (κ1) is 23.8. The predicted octanol–water partition coefficient (Wildman–Crippen LogP) is 5.70. The van der Waals surface area contributed by atoms with Crippen LogP contribution >= 0.6 is 0 Å². The van der Waals surface area contributed by atoms with Gasteiger partial charge in [-0.25, -0.2) is 0 Å². The highest BCUT2D eigenvalue weighted by molar-refractivity contribution is 5.36. The smallest absolute Gasteiger partial charge is 0.0849 e. The quantitative estimate of drug-likeness (QED) is 0.520. The highest BCUT2D eigenvalue weighted by Gasteiger charge is 2.50. The van der Waals surface area contributed by atoms with Crippen molar-refractivity contribution in [3.63, 3.8) is 0 Å². The Kier molecular flexibility index (Phi) is 7.37. The summed E-state index contributed by atoms with van der Waals surface area (Å²) >= 11 is 0. The summed E-state index contributed by atoms with van der Waals surface area (Å²) in [4.78, 5) is 0. The highest BCUT2D eigenvalue weighted by Crippen LogP contribution is 2.60. The van der Waals surface area contributed by atoms with Crippen LogP contribution in [0.4, 0.5) is 0 Å². The molecule has 30 heavy (non-hydrogen) atoms. The molecule has 0 bridgehead atoms. The third-order valence-electron chi connectivity index (χ3n) is 8.62. The largest absolute Gasteiger partial charge is 0.393 e. The standard InChI is InChI=1S/C27H44O3/c1-18-8-12-22(28)17-21(18)11-10-20-7-6-16-27(5)23(13-14-24(20)27)19(2)9-15-25(29)26(3,4)30/h10-11,19,22-25,28-30H,1,6-9,12-17H2,2-5H3/b20-10+,21-11-/t19?,22-,23?,24?,25?,27?/m0/s1. The number of rotatable bonds is 6.